The highest BCUT2D eigenvalue weighted by atomic mass is 32.2. The number of sulfone groups is 1. The molecule has 1 aromatic rings. The lowest BCUT2D eigenvalue weighted by Gasteiger charge is -2.29. The van der Waals surface area contributed by atoms with E-state index in [1.165, 1.54) is 6.26 Å². The van der Waals surface area contributed by atoms with E-state index in [1.54, 1.807) is 0 Å². The first-order valence-electron chi connectivity index (χ1n) is 6.28. The summed E-state index contributed by atoms with van der Waals surface area (Å²) in [4.78, 5) is 0. The predicted octanol–water partition coefficient (Wildman–Crippen LogP) is 1.87. The molecule has 0 aliphatic heterocycles. The Morgan fingerprint density at radius 1 is 1.33 bits per heavy atom. The van der Waals surface area contributed by atoms with Crippen LogP contribution in [0.3, 0.4) is 0 Å². The molecule has 0 radical (unpaired) electrons. The maximum Gasteiger partial charge on any atom is 0.153 e. The zero-order valence-electron chi connectivity index (χ0n) is 10.9. The Hall–Kier alpha value is -0.870. The van der Waals surface area contributed by atoms with Gasteiger partial charge in [-0.2, -0.15) is 0 Å². The number of aryl methyl sites for hydroxylation is 1. The molecule has 0 heterocycles. The van der Waals surface area contributed by atoms with Gasteiger partial charge in [-0.25, -0.2) is 8.42 Å². The largest absolute Gasteiger partial charge is 0.388 e. The van der Waals surface area contributed by atoms with Crippen molar-refractivity contribution in [1.82, 2.24) is 0 Å². The van der Waals surface area contributed by atoms with Gasteiger partial charge in [0.25, 0.3) is 0 Å². The summed E-state index contributed by atoms with van der Waals surface area (Å²) < 4.78 is 23.5. The number of hydrogen-bond acceptors (Lipinski definition) is 3. The lowest BCUT2D eigenvalue weighted by atomic mass is 9.92. The Morgan fingerprint density at radius 3 is 2.50 bits per heavy atom. The van der Waals surface area contributed by atoms with E-state index >= 15 is 0 Å². The first kappa shape index (κ1) is 13.6. The van der Waals surface area contributed by atoms with Crippen LogP contribution in [0.2, 0.25) is 0 Å². The minimum Gasteiger partial charge on any atom is -0.388 e. The summed E-state index contributed by atoms with van der Waals surface area (Å²) in [6.07, 6.45) is 3.56. The average molecular weight is 268 g/mol. The smallest absolute Gasteiger partial charge is 0.153 e. The van der Waals surface area contributed by atoms with Crippen molar-refractivity contribution in [3.63, 3.8) is 0 Å². The zero-order chi connectivity index (χ0) is 13.4. The molecule has 0 saturated heterocycles. The SMILES string of the molecule is Cc1ccc(CC2(O)CCCC2S(C)(=O)=O)cc1. The molecular formula is C14H20O3S. The van der Waals surface area contributed by atoms with Crippen molar-refractivity contribution >= 4 is 9.84 Å². The van der Waals surface area contributed by atoms with Crippen LogP contribution in [0.4, 0.5) is 0 Å². The van der Waals surface area contributed by atoms with Crippen molar-refractivity contribution < 1.29 is 13.5 Å². The van der Waals surface area contributed by atoms with Crippen molar-refractivity contribution in [2.75, 3.05) is 6.26 Å². The van der Waals surface area contributed by atoms with E-state index in [1.807, 2.05) is 31.2 Å². The zero-order valence-corrected chi connectivity index (χ0v) is 11.7. The molecule has 0 bridgehead atoms. The molecule has 0 amide bonds. The Labute approximate surface area is 109 Å². The van der Waals surface area contributed by atoms with E-state index in [0.717, 1.165) is 17.5 Å². The number of rotatable bonds is 3. The molecule has 0 aromatic heterocycles. The summed E-state index contributed by atoms with van der Waals surface area (Å²) in [5.74, 6) is 0. The molecule has 4 heteroatoms. The molecule has 1 aliphatic carbocycles. The van der Waals surface area contributed by atoms with Crippen molar-refractivity contribution in [2.45, 2.75) is 43.5 Å². The Morgan fingerprint density at radius 2 is 1.94 bits per heavy atom. The molecule has 3 nitrogen and oxygen atoms in total. The van der Waals surface area contributed by atoms with Crippen LogP contribution in [0, 0.1) is 6.92 Å². The molecule has 1 aliphatic rings. The highest BCUT2D eigenvalue weighted by Gasteiger charge is 2.46. The highest BCUT2D eigenvalue weighted by molar-refractivity contribution is 7.91. The monoisotopic (exact) mass is 268 g/mol. The van der Waals surface area contributed by atoms with Gasteiger partial charge in [0.05, 0.1) is 10.9 Å². The van der Waals surface area contributed by atoms with Crippen molar-refractivity contribution in [3.05, 3.63) is 35.4 Å². The van der Waals surface area contributed by atoms with Crippen LogP contribution in [0.1, 0.15) is 30.4 Å². The van der Waals surface area contributed by atoms with Gasteiger partial charge in [0.15, 0.2) is 9.84 Å². The standard InChI is InChI=1S/C14H20O3S/c1-11-5-7-12(8-6-11)10-14(15)9-3-4-13(14)18(2,16)17/h5-8,13,15H,3-4,9-10H2,1-2H3. The Bertz CT molecular complexity index is 518. The summed E-state index contributed by atoms with van der Waals surface area (Å²) in [6, 6.07) is 7.90. The molecule has 1 fully saturated rings. The fourth-order valence-corrected chi connectivity index (χ4v) is 4.49. The van der Waals surface area contributed by atoms with Gasteiger partial charge < -0.3 is 5.11 Å². The van der Waals surface area contributed by atoms with Gasteiger partial charge in [-0.15, -0.1) is 0 Å². The van der Waals surface area contributed by atoms with Crippen LogP contribution in [-0.2, 0) is 16.3 Å². The Kier molecular flexibility index (Phi) is 3.52. The fraction of sp³-hybridized carbons (Fsp3) is 0.571. The van der Waals surface area contributed by atoms with Gasteiger partial charge in [-0.1, -0.05) is 29.8 Å². The molecule has 1 aromatic carbocycles. The maximum absolute atomic E-state index is 11.7. The molecule has 1 saturated carbocycles. The summed E-state index contributed by atoms with van der Waals surface area (Å²) in [5, 5.41) is 10.0. The van der Waals surface area contributed by atoms with E-state index in [0.29, 0.717) is 19.3 Å². The minimum absolute atomic E-state index is 0.422. The summed E-state index contributed by atoms with van der Waals surface area (Å²) in [5.41, 5.74) is 1.07. The number of aliphatic hydroxyl groups is 1. The van der Waals surface area contributed by atoms with Gasteiger partial charge in [-0.3, -0.25) is 0 Å². The van der Waals surface area contributed by atoms with E-state index in [9.17, 15) is 13.5 Å². The summed E-state index contributed by atoms with van der Waals surface area (Å²) >= 11 is 0. The number of benzene rings is 1. The lowest BCUT2D eigenvalue weighted by Crippen LogP contribution is -2.44. The second-order valence-corrected chi connectivity index (χ2v) is 7.70. The van der Waals surface area contributed by atoms with Gasteiger partial charge >= 0.3 is 0 Å². The van der Waals surface area contributed by atoms with Crippen LogP contribution in [0.15, 0.2) is 24.3 Å². The fourth-order valence-electron chi connectivity index (χ4n) is 2.90. The molecule has 1 N–H and O–H groups in total. The minimum atomic E-state index is -3.19. The first-order valence-corrected chi connectivity index (χ1v) is 8.23. The normalized spacial score (nSPS) is 28.5. The summed E-state index contributed by atoms with van der Waals surface area (Å²) in [7, 11) is -3.19. The third-order valence-corrected chi connectivity index (χ3v) is 5.53. The first-order chi connectivity index (χ1) is 8.31. The van der Waals surface area contributed by atoms with E-state index in [2.05, 4.69) is 0 Å². The third-order valence-electron chi connectivity index (χ3n) is 3.82. The molecular weight excluding hydrogens is 248 g/mol. The molecule has 2 rings (SSSR count). The Balaban J connectivity index is 2.23. The van der Waals surface area contributed by atoms with Crippen LogP contribution in [0.25, 0.3) is 0 Å². The second kappa shape index (κ2) is 4.67. The predicted molar refractivity (Wildman–Crippen MR) is 72.3 cm³/mol. The van der Waals surface area contributed by atoms with Crippen LogP contribution < -0.4 is 0 Å². The van der Waals surface area contributed by atoms with Gasteiger partial charge in [0, 0.05) is 12.7 Å². The van der Waals surface area contributed by atoms with E-state index in [-0.39, 0.29) is 0 Å². The van der Waals surface area contributed by atoms with E-state index < -0.39 is 20.7 Å². The maximum atomic E-state index is 11.7. The van der Waals surface area contributed by atoms with Crippen molar-refractivity contribution in [2.24, 2.45) is 0 Å². The molecule has 0 spiro atoms. The second-order valence-electron chi connectivity index (χ2n) is 5.48. The van der Waals surface area contributed by atoms with Crippen molar-refractivity contribution in [1.29, 1.82) is 0 Å². The van der Waals surface area contributed by atoms with Crippen LogP contribution in [0.5, 0.6) is 0 Å². The quantitative estimate of drug-likeness (QED) is 0.910. The van der Waals surface area contributed by atoms with Crippen LogP contribution >= 0.6 is 0 Å². The highest BCUT2D eigenvalue weighted by Crippen LogP contribution is 2.37. The van der Waals surface area contributed by atoms with Crippen LogP contribution in [-0.4, -0.2) is 30.6 Å². The van der Waals surface area contributed by atoms with Gasteiger partial charge in [0.1, 0.15) is 0 Å². The van der Waals surface area contributed by atoms with Gasteiger partial charge in [-0.05, 0) is 31.7 Å². The molecule has 18 heavy (non-hydrogen) atoms. The molecule has 100 valence electrons. The molecule has 2 unspecified atom stereocenters. The topological polar surface area (TPSA) is 54.4 Å². The van der Waals surface area contributed by atoms with Gasteiger partial charge in [0.2, 0.25) is 0 Å². The van der Waals surface area contributed by atoms with Crippen molar-refractivity contribution in [3.8, 4) is 0 Å². The summed E-state index contributed by atoms with van der Waals surface area (Å²) in [6.45, 7) is 2.01. The average Bonchev–Trinajstić information content (AvgIpc) is 2.63. The molecule has 2 atom stereocenters. The van der Waals surface area contributed by atoms with E-state index in [4.69, 9.17) is 0 Å². The lowest BCUT2D eigenvalue weighted by molar-refractivity contribution is 0.0513. The number of hydrogen-bond donors (Lipinski definition) is 1. The third kappa shape index (κ3) is 2.75.